The van der Waals surface area contributed by atoms with E-state index >= 15 is 0 Å². The number of aromatic nitrogens is 1. The number of aryl methyl sites for hydroxylation is 1. The predicted octanol–water partition coefficient (Wildman–Crippen LogP) is 1.71. The first kappa shape index (κ1) is 10.6. The smallest absolute Gasteiger partial charge is 0.0402 e. The molecule has 1 aromatic heterocycles. The Morgan fingerprint density at radius 2 is 2.20 bits per heavy atom. The molecule has 1 aliphatic rings. The second-order valence-corrected chi connectivity index (χ2v) is 5.65. The topological polar surface area (TPSA) is 42.0 Å². The molecule has 3 nitrogen and oxygen atoms in total. The fourth-order valence-electron chi connectivity index (χ4n) is 1.79. The van der Waals surface area contributed by atoms with Crippen LogP contribution in [0.15, 0.2) is 18.5 Å². The van der Waals surface area contributed by atoms with Crippen LogP contribution >= 0.6 is 0 Å². The van der Waals surface area contributed by atoms with Crippen LogP contribution in [0, 0.1) is 6.92 Å². The van der Waals surface area contributed by atoms with Crippen LogP contribution in [0.25, 0.3) is 0 Å². The average Bonchev–Trinajstić information content (AvgIpc) is 2.25. The molecule has 0 aromatic carbocycles. The summed E-state index contributed by atoms with van der Waals surface area (Å²) < 4.78 is 11.2. The van der Waals surface area contributed by atoms with Crippen molar-refractivity contribution in [2.24, 2.45) is 0 Å². The molecule has 1 fully saturated rings. The Hall–Kier alpha value is -0.900. The summed E-state index contributed by atoms with van der Waals surface area (Å²) in [5.74, 6) is 1.67. The van der Waals surface area contributed by atoms with Gasteiger partial charge >= 0.3 is 0 Å². The number of nitrogens with one attached hydrogen (secondary N) is 1. The van der Waals surface area contributed by atoms with Crippen LogP contribution in [-0.4, -0.2) is 26.7 Å². The lowest BCUT2D eigenvalue weighted by Crippen LogP contribution is -2.29. The fraction of sp³-hybridized carbons (Fsp3) is 0.545. The summed E-state index contributed by atoms with van der Waals surface area (Å²) in [5, 5.41) is 3.50. The third-order valence-electron chi connectivity index (χ3n) is 2.77. The minimum Gasteiger partial charge on any atom is -0.382 e. The molecule has 1 aromatic rings. The number of rotatable bonds is 2. The summed E-state index contributed by atoms with van der Waals surface area (Å²) in [6, 6.07) is 2.48. The highest BCUT2D eigenvalue weighted by Gasteiger charge is 2.17. The Kier molecular flexibility index (Phi) is 3.36. The molecule has 4 heteroatoms. The van der Waals surface area contributed by atoms with Crippen LogP contribution < -0.4 is 5.32 Å². The summed E-state index contributed by atoms with van der Waals surface area (Å²) in [6.07, 6.45) is 5.68. The predicted molar refractivity (Wildman–Crippen MR) is 63.5 cm³/mol. The van der Waals surface area contributed by atoms with E-state index in [0.29, 0.717) is 6.04 Å². The fourth-order valence-corrected chi connectivity index (χ4v) is 3.09. The van der Waals surface area contributed by atoms with Gasteiger partial charge in [0.05, 0.1) is 0 Å². The lowest BCUT2D eigenvalue weighted by Gasteiger charge is -2.24. The van der Waals surface area contributed by atoms with E-state index in [-0.39, 0.29) is 0 Å². The highest BCUT2D eigenvalue weighted by molar-refractivity contribution is 7.85. The van der Waals surface area contributed by atoms with E-state index in [1.807, 2.05) is 12.3 Å². The largest absolute Gasteiger partial charge is 0.382 e. The van der Waals surface area contributed by atoms with Crippen LogP contribution in [0.3, 0.4) is 0 Å². The van der Waals surface area contributed by atoms with Gasteiger partial charge in [0.15, 0.2) is 0 Å². The second-order valence-electron chi connectivity index (χ2n) is 3.96. The van der Waals surface area contributed by atoms with Crippen molar-refractivity contribution >= 4 is 16.5 Å². The molecule has 1 saturated heterocycles. The minimum absolute atomic E-state index is 0.476. The second kappa shape index (κ2) is 4.75. The molecule has 2 heterocycles. The standard InChI is InChI=1S/C11H16N2OS/c1-9-8-12-5-2-11(9)13-10-3-6-15(14)7-4-10/h2,5,8,10H,3-4,6-7H2,1H3,(H,12,13). The molecule has 82 valence electrons. The van der Waals surface area contributed by atoms with Crippen molar-refractivity contribution in [3.8, 4) is 0 Å². The molecular weight excluding hydrogens is 208 g/mol. The molecule has 0 radical (unpaired) electrons. The number of nitrogens with zero attached hydrogens (tertiary/aromatic N) is 1. The van der Waals surface area contributed by atoms with Crippen molar-refractivity contribution in [3.05, 3.63) is 24.0 Å². The van der Waals surface area contributed by atoms with Crippen LogP contribution in [0.4, 0.5) is 5.69 Å². The number of pyridine rings is 1. The maximum absolute atomic E-state index is 11.2. The van der Waals surface area contributed by atoms with Crippen LogP contribution in [0.2, 0.25) is 0 Å². The lowest BCUT2D eigenvalue weighted by molar-refractivity contribution is 0.624. The van der Waals surface area contributed by atoms with Crippen molar-refractivity contribution in [1.82, 2.24) is 4.98 Å². The van der Waals surface area contributed by atoms with Gasteiger partial charge in [-0.3, -0.25) is 9.19 Å². The van der Waals surface area contributed by atoms with Gasteiger partial charge in [-0.15, -0.1) is 0 Å². The molecule has 15 heavy (non-hydrogen) atoms. The van der Waals surface area contributed by atoms with Gasteiger partial charge < -0.3 is 5.32 Å². The van der Waals surface area contributed by atoms with Gasteiger partial charge in [0, 0.05) is 46.4 Å². The van der Waals surface area contributed by atoms with Crippen molar-refractivity contribution in [2.75, 3.05) is 16.8 Å². The Morgan fingerprint density at radius 1 is 1.47 bits per heavy atom. The molecule has 1 N–H and O–H groups in total. The van der Waals surface area contributed by atoms with Gasteiger partial charge in [0.25, 0.3) is 0 Å². The van der Waals surface area contributed by atoms with Gasteiger partial charge in [-0.2, -0.15) is 0 Å². The van der Waals surface area contributed by atoms with E-state index in [0.717, 1.165) is 30.0 Å². The zero-order valence-electron chi connectivity index (χ0n) is 8.90. The van der Waals surface area contributed by atoms with Gasteiger partial charge in [-0.05, 0) is 31.4 Å². The van der Waals surface area contributed by atoms with Crippen molar-refractivity contribution in [1.29, 1.82) is 0 Å². The lowest BCUT2D eigenvalue weighted by atomic mass is 10.1. The molecule has 0 amide bonds. The Labute approximate surface area is 92.8 Å². The molecule has 0 atom stereocenters. The van der Waals surface area contributed by atoms with E-state index in [4.69, 9.17) is 0 Å². The van der Waals surface area contributed by atoms with Crippen molar-refractivity contribution < 1.29 is 4.21 Å². The third-order valence-corrected chi connectivity index (χ3v) is 4.15. The number of anilines is 1. The molecule has 0 unspecified atom stereocenters. The third kappa shape index (κ3) is 2.78. The minimum atomic E-state index is -0.577. The zero-order chi connectivity index (χ0) is 10.7. The summed E-state index contributed by atoms with van der Waals surface area (Å²) in [6.45, 7) is 2.05. The monoisotopic (exact) mass is 224 g/mol. The molecule has 0 saturated carbocycles. The van der Waals surface area contributed by atoms with E-state index in [1.165, 1.54) is 5.56 Å². The van der Waals surface area contributed by atoms with Gasteiger partial charge in [-0.25, -0.2) is 0 Å². The first-order valence-electron chi connectivity index (χ1n) is 5.28. The molecule has 0 bridgehead atoms. The molecular formula is C11H16N2OS. The maximum atomic E-state index is 11.2. The van der Waals surface area contributed by atoms with Crippen LogP contribution in [0.1, 0.15) is 18.4 Å². The first-order chi connectivity index (χ1) is 7.25. The van der Waals surface area contributed by atoms with Crippen LogP contribution in [0.5, 0.6) is 0 Å². The first-order valence-corrected chi connectivity index (χ1v) is 6.76. The molecule has 0 spiro atoms. The van der Waals surface area contributed by atoms with E-state index < -0.39 is 10.8 Å². The summed E-state index contributed by atoms with van der Waals surface area (Å²) >= 11 is 0. The average molecular weight is 224 g/mol. The Balaban J connectivity index is 1.97. The summed E-state index contributed by atoms with van der Waals surface area (Å²) in [4.78, 5) is 4.06. The Morgan fingerprint density at radius 3 is 2.87 bits per heavy atom. The molecule has 0 aliphatic carbocycles. The highest BCUT2D eigenvalue weighted by Crippen LogP contribution is 2.18. The van der Waals surface area contributed by atoms with Gasteiger partial charge in [0.1, 0.15) is 0 Å². The zero-order valence-corrected chi connectivity index (χ0v) is 9.72. The van der Waals surface area contributed by atoms with E-state index in [1.54, 1.807) is 6.20 Å². The maximum Gasteiger partial charge on any atom is 0.0402 e. The highest BCUT2D eigenvalue weighted by atomic mass is 32.2. The summed E-state index contributed by atoms with van der Waals surface area (Å²) in [7, 11) is -0.577. The number of hydrogen-bond donors (Lipinski definition) is 1. The van der Waals surface area contributed by atoms with Crippen molar-refractivity contribution in [2.45, 2.75) is 25.8 Å². The van der Waals surface area contributed by atoms with E-state index in [9.17, 15) is 4.21 Å². The normalized spacial score (nSPS) is 26.2. The SMILES string of the molecule is Cc1cnccc1NC1CCS(=O)CC1. The molecule has 2 rings (SSSR count). The molecule has 1 aliphatic heterocycles. The summed E-state index contributed by atoms with van der Waals surface area (Å²) in [5.41, 5.74) is 2.33. The quantitative estimate of drug-likeness (QED) is 0.831. The van der Waals surface area contributed by atoms with Crippen LogP contribution in [-0.2, 0) is 10.8 Å². The van der Waals surface area contributed by atoms with E-state index in [2.05, 4.69) is 17.2 Å². The Bertz CT molecular complexity index is 357. The van der Waals surface area contributed by atoms with Gasteiger partial charge in [-0.1, -0.05) is 0 Å². The van der Waals surface area contributed by atoms with Gasteiger partial charge in [0.2, 0.25) is 0 Å². The van der Waals surface area contributed by atoms with Crippen molar-refractivity contribution in [3.63, 3.8) is 0 Å². The number of hydrogen-bond acceptors (Lipinski definition) is 3.